The zero-order valence-corrected chi connectivity index (χ0v) is 19.1. The van der Waals surface area contributed by atoms with E-state index in [2.05, 4.69) is 22.4 Å². The van der Waals surface area contributed by atoms with Crippen molar-refractivity contribution in [2.45, 2.75) is 13.3 Å². The van der Waals surface area contributed by atoms with Crippen molar-refractivity contribution < 1.29 is 19.1 Å². The largest absolute Gasteiger partial charge is 0.378 e. The molecule has 2 aromatic carbocycles. The first-order valence-electron chi connectivity index (χ1n) is 11.9. The molecule has 1 N–H and O–H groups in total. The molecule has 0 unspecified atom stereocenters. The highest BCUT2D eigenvalue weighted by Crippen LogP contribution is 2.53. The molecule has 6 rings (SSSR count). The third kappa shape index (κ3) is 3.34. The van der Waals surface area contributed by atoms with Gasteiger partial charge in [-0.1, -0.05) is 29.8 Å². The van der Waals surface area contributed by atoms with Crippen LogP contribution >= 0.6 is 0 Å². The topological polar surface area (TPSA) is 79.0 Å². The maximum absolute atomic E-state index is 13.4. The Bertz CT molecular complexity index is 1170. The van der Waals surface area contributed by atoms with Gasteiger partial charge in [0.1, 0.15) is 0 Å². The van der Waals surface area contributed by atoms with Crippen LogP contribution in [-0.4, -0.2) is 44.0 Å². The van der Waals surface area contributed by atoms with Crippen LogP contribution in [0.2, 0.25) is 0 Å². The fraction of sp³-hybridized carbons (Fsp3) is 0.370. The van der Waals surface area contributed by atoms with Crippen LogP contribution in [0.15, 0.2) is 54.6 Å². The number of hydrogen-bond acceptors (Lipinski definition) is 5. The molecule has 2 aromatic rings. The first-order valence-corrected chi connectivity index (χ1v) is 11.9. The number of nitrogens with one attached hydrogen (secondary N) is 1. The molecule has 2 aliphatic carbocycles. The van der Waals surface area contributed by atoms with Crippen LogP contribution < -0.4 is 15.1 Å². The number of ether oxygens (including phenoxy) is 1. The number of carbonyl (C=O) groups is 3. The van der Waals surface area contributed by atoms with Gasteiger partial charge in [-0.05, 0) is 55.5 Å². The predicted molar refractivity (Wildman–Crippen MR) is 129 cm³/mol. The molecular formula is C27H27N3O4. The van der Waals surface area contributed by atoms with Crippen molar-refractivity contribution >= 4 is 34.8 Å². The summed E-state index contributed by atoms with van der Waals surface area (Å²) in [6, 6.07) is 13.0. The number of allylic oxidation sites excluding steroid dienone is 2. The van der Waals surface area contributed by atoms with E-state index in [0.717, 1.165) is 17.7 Å². The van der Waals surface area contributed by atoms with Gasteiger partial charge < -0.3 is 15.0 Å². The SMILES string of the molecule is Cc1ccc(NC(=O)c2cc(N3C(=O)[C@@H]4[C@H](C3=O)[C@@H]3C=C[C@H]4C3)ccc2N2CCOCC2)cc1. The number of imide groups is 1. The Morgan fingerprint density at radius 1 is 0.941 bits per heavy atom. The second-order valence-electron chi connectivity index (χ2n) is 9.63. The number of nitrogens with zero attached hydrogens (tertiary/aromatic N) is 2. The van der Waals surface area contributed by atoms with Crippen LogP contribution in [0.25, 0.3) is 0 Å². The van der Waals surface area contributed by atoms with Crippen LogP contribution in [0, 0.1) is 30.6 Å². The van der Waals surface area contributed by atoms with Crippen molar-refractivity contribution in [1.29, 1.82) is 0 Å². The average Bonchev–Trinajstić information content (AvgIpc) is 3.54. The number of benzene rings is 2. The molecule has 4 aliphatic rings. The Kier molecular flexibility index (Phi) is 5.03. The van der Waals surface area contributed by atoms with E-state index < -0.39 is 0 Å². The van der Waals surface area contributed by atoms with E-state index in [4.69, 9.17) is 4.74 Å². The van der Waals surface area contributed by atoms with Crippen LogP contribution in [0.5, 0.6) is 0 Å². The molecule has 34 heavy (non-hydrogen) atoms. The number of aryl methyl sites for hydroxylation is 1. The Hall–Kier alpha value is -3.45. The maximum atomic E-state index is 13.4. The van der Waals surface area contributed by atoms with Gasteiger partial charge in [0.25, 0.3) is 5.91 Å². The summed E-state index contributed by atoms with van der Waals surface area (Å²) in [4.78, 5) is 43.5. The molecule has 174 valence electrons. The summed E-state index contributed by atoms with van der Waals surface area (Å²) in [6.07, 6.45) is 5.06. The van der Waals surface area contributed by atoms with E-state index in [-0.39, 0.29) is 41.4 Å². The van der Waals surface area contributed by atoms with Gasteiger partial charge >= 0.3 is 0 Å². The first kappa shape index (κ1) is 21.1. The van der Waals surface area contributed by atoms with E-state index in [1.54, 1.807) is 12.1 Å². The maximum Gasteiger partial charge on any atom is 0.257 e. The molecule has 3 amide bonds. The molecular weight excluding hydrogens is 430 g/mol. The number of hydrogen-bond donors (Lipinski definition) is 1. The molecule has 7 heteroatoms. The molecule has 2 saturated heterocycles. The van der Waals surface area contributed by atoms with Gasteiger partial charge in [-0.15, -0.1) is 0 Å². The second-order valence-corrected chi connectivity index (χ2v) is 9.63. The zero-order valence-electron chi connectivity index (χ0n) is 19.1. The minimum atomic E-state index is -0.272. The lowest BCUT2D eigenvalue weighted by Crippen LogP contribution is -2.38. The summed E-state index contributed by atoms with van der Waals surface area (Å²) in [5.41, 5.74) is 3.49. The highest BCUT2D eigenvalue weighted by atomic mass is 16.5. The number of rotatable bonds is 4. The Balaban J connectivity index is 1.35. The third-order valence-electron chi connectivity index (χ3n) is 7.61. The normalized spacial score (nSPS) is 27.4. The van der Waals surface area contributed by atoms with E-state index in [0.29, 0.717) is 43.2 Å². The van der Waals surface area contributed by atoms with E-state index in [1.165, 1.54) is 4.90 Å². The monoisotopic (exact) mass is 457 g/mol. The van der Waals surface area contributed by atoms with Gasteiger partial charge in [0.15, 0.2) is 0 Å². The molecule has 0 aromatic heterocycles. The van der Waals surface area contributed by atoms with E-state index >= 15 is 0 Å². The van der Waals surface area contributed by atoms with Crippen molar-refractivity contribution in [2.24, 2.45) is 23.7 Å². The van der Waals surface area contributed by atoms with Gasteiger partial charge in [-0.2, -0.15) is 0 Å². The fourth-order valence-electron chi connectivity index (χ4n) is 5.92. The van der Waals surface area contributed by atoms with Crippen molar-refractivity contribution in [1.82, 2.24) is 0 Å². The van der Waals surface area contributed by atoms with Crippen molar-refractivity contribution in [2.75, 3.05) is 41.4 Å². The van der Waals surface area contributed by atoms with E-state index in [9.17, 15) is 14.4 Å². The zero-order chi connectivity index (χ0) is 23.4. The van der Waals surface area contributed by atoms with Crippen molar-refractivity contribution in [3.8, 4) is 0 Å². The summed E-state index contributed by atoms with van der Waals surface area (Å²) in [5, 5.41) is 2.97. The average molecular weight is 458 g/mol. The van der Waals surface area contributed by atoms with Crippen molar-refractivity contribution in [3.05, 3.63) is 65.7 Å². The molecule has 4 atom stereocenters. The highest BCUT2D eigenvalue weighted by Gasteiger charge is 2.59. The third-order valence-corrected chi connectivity index (χ3v) is 7.61. The Morgan fingerprint density at radius 2 is 1.59 bits per heavy atom. The lowest BCUT2D eigenvalue weighted by molar-refractivity contribution is -0.123. The van der Waals surface area contributed by atoms with E-state index in [1.807, 2.05) is 37.3 Å². The lowest BCUT2D eigenvalue weighted by atomic mass is 9.85. The van der Waals surface area contributed by atoms with Crippen LogP contribution in [0.1, 0.15) is 22.3 Å². The smallest absolute Gasteiger partial charge is 0.257 e. The molecule has 2 heterocycles. The lowest BCUT2D eigenvalue weighted by Gasteiger charge is -2.31. The summed E-state index contributed by atoms with van der Waals surface area (Å²) in [7, 11) is 0. The quantitative estimate of drug-likeness (QED) is 0.563. The van der Waals surface area contributed by atoms with Gasteiger partial charge in [0, 0.05) is 24.5 Å². The summed E-state index contributed by atoms with van der Waals surface area (Å²) in [6.45, 7) is 4.51. The van der Waals surface area contributed by atoms with Crippen molar-refractivity contribution in [3.63, 3.8) is 0 Å². The highest BCUT2D eigenvalue weighted by molar-refractivity contribution is 6.23. The van der Waals surface area contributed by atoms with Crippen LogP contribution in [0.4, 0.5) is 17.1 Å². The number of morpholine rings is 1. The summed E-state index contributed by atoms with van der Waals surface area (Å²) in [5.74, 6) is -0.806. The van der Waals surface area contributed by atoms with Gasteiger partial charge in [-0.3, -0.25) is 14.4 Å². The van der Waals surface area contributed by atoms with Gasteiger partial charge in [-0.25, -0.2) is 4.90 Å². The standard InChI is InChI=1S/C27H27N3O4/c1-16-2-6-19(7-3-16)28-25(31)21-15-20(8-9-22(21)29-10-12-34-13-11-29)30-26(32)23-17-4-5-18(14-17)24(23)27(30)33/h2-9,15,17-18,23-24H,10-14H2,1H3,(H,28,31)/t17-,18+,23-,24+. The molecule has 1 saturated carbocycles. The molecule has 0 spiro atoms. The minimum Gasteiger partial charge on any atom is -0.378 e. The molecule has 0 radical (unpaired) electrons. The second kappa shape index (κ2) is 8.09. The summed E-state index contributed by atoms with van der Waals surface area (Å²) < 4.78 is 5.48. The number of fused-ring (bicyclic) bond motifs is 5. The Morgan fingerprint density at radius 3 is 2.24 bits per heavy atom. The first-order chi connectivity index (χ1) is 16.5. The van der Waals surface area contributed by atoms with Crippen LogP contribution in [-0.2, 0) is 14.3 Å². The van der Waals surface area contributed by atoms with Gasteiger partial charge in [0.05, 0.1) is 36.3 Å². The number of carbonyl (C=O) groups excluding carboxylic acids is 3. The minimum absolute atomic E-state index is 0.143. The molecule has 7 nitrogen and oxygen atoms in total. The molecule has 2 bridgehead atoms. The van der Waals surface area contributed by atoms with Crippen LogP contribution in [0.3, 0.4) is 0 Å². The predicted octanol–water partition coefficient (Wildman–Crippen LogP) is 3.40. The summed E-state index contributed by atoms with van der Waals surface area (Å²) >= 11 is 0. The Labute approximate surface area is 198 Å². The number of amides is 3. The fourth-order valence-corrected chi connectivity index (χ4v) is 5.92. The molecule has 2 aliphatic heterocycles. The number of anilines is 3. The molecule has 3 fully saturated rings. The van der Waals surface area contributed by atoms with Gasteiger partial charge in [0.2, 0.25) is 11.8 Å².